The molecule has 0 bridgehead atoms. The predicted octanol–water partition coefficient (Wildman–Crippen LogP) is 0.301. The third-order valence-electron chi connectivity index (χ3n) is 3.10. The zero-order valence-electron chi connectivity index (χ0n) is 11.1. The number of hydrogen-bond donors (Lipinski definition) is 2. The number of hydrogen-bond acceptors (Lipinski definition) is 4. The van der Waals surface area contributed by atoms with Crippen LogP contribution in [0.4, 0.5) is 0 Å². The van der Waals surface area contributed by atoms with Crippen molar-refractivity contribution in [2.75, 3.05) is 19.3 Å². The Morgan fingerprint density at radius 2 is 1.94 bits per heavy atom. The van der Waals surface area contributed by atoms with E-state index in [0.29, 0.717) is 13.0 Å². The van der Waals surface area contributed by atoms with Gasteiger partial charge in [0.2, 0.25) is 5.91 Å². The van der Waals surface area contributed by atoms with Crippen molar-refractivity contribution in [2.24, 2.45) is 11.7 Å². The van der Waals surface area contributed by atoms with Crippen molar-refractivity contribution in [3.63, 3.8) is 0 Å². The van der Waals surface area contributed by atoms with E-state index in [2.05, 4.69) is 5.32 Å². The molecule has 17 heavy (non-hydrogen) atoms. The van der Waals surface area contributed by atoms with Crippen molar-refractivity contribution in [3.8, 4) is 0 Å². The smallest absolute Gasteiger partial charge is 0.220 e. The van der Waals surface area contributed by atoms with Gasteiger partial charge in [-0.05, 0) is 26.3 Å². The van der Waals surface area contributed by atoms with Crippen LogP contribution in [-0.2, 0) is 14.6 Å². The van der Waals surface area contributed by atoms with Crippen LogP contribution in [-0.4, -0.2) is 38.4 Å². The maximum absolute atomic E-state index is 11.6. The van der Waals surface area contributed by atoms with Crippen LogP contribution in [0.1, 0.15) is 33.6 Å². The third-order valence-corrected chi connectivity index (χ3v) is 5.25. The molecule has 0 aromatic rings. The lowest BCUT2D eigenvalue weighted by molar-refractivity contribution is -0.122. The number of amides is 1. The Bertz CT molecular complexity index is 346. The highest BCUT2D eigenvalue weighted by molar-refractivity contribution is 7.92. The molecule has 0 spiro atoms. The standard InChI is InChI=1S/C11H24N2O3S/c1-5-9(7-12)6-10(14)13-8-11(2,3)17(4,15)16/h9H,5-8,12H2,1-4H3,(H,13,14). The van der Waals surface area contributed by atoms with E-state index in [4.69, 9.17) is 5.73 Å². The quantitative estimate of drug-likeness (QED) is 0.692. The topological polar surface area (TPSA) is 89.3 Å². The lowest BCUT2D eigenvalue weighted by Gasteiger charge is -2.23. The lowest BCUT2D eigenvalue weighted by Crippen LogP contribution is -2.44. The minimum absolute atomic E-state index is 0.131. The molecule has 3 N–H and O–H groups in total. The molecule has 0 saturated carbocycles. The summed E-state index contributed by atoms with van der Waals surface area (Å²) in [6.45, 7) is 5.78. The van der Waals surface area contributed by atoms with Gasteiger partial charge < -0.3 is 11.1 Å². The molecule has 0 rings (SSSR count). The molecule has 0 aromatic heterocycles. The molecule has 0 heterocycles. The monoisotopic (exact) mass is 264 g/mol. The predicted molar refractivity (Wildman–Crippen MR) is 69.4 cm³/mol. The Hall–Kier alpha value is -0.620. The fraction of sp³-hybridized carbons (Fsp3) is 0.909. The summed E-state index contributed by atoms with van der Waals surface area (Å²) in [7, 11) is -3.18. The van der Waals surface area contributed by atoms with Crippen LogP contribution in [0.5, 0.6) is 0 Å². The number of nitrogens with one attached hydrogen (secondary N) is 1. The SMILES string of the molecule is CCC(CN)CC(=O)NCC(C)(C)S(C)(=O)=O. The first-order valence-corrected chi connectivity index (χ1v) is 7.69. The van der Waals surface area contributed by atoms with Gasteiger partial charge in [0.25, 0.3) is 0 Å². The first-order valence-electron chi connectivity index (χ1n) is 5.80. The van der Waals surface area contributed by atoms with E-state index in [-0.39, 0.29) is 18.4 Å². The Morgan fingerprint density at radius 3 is 2.29 bits per heavy atom. The van der Waals surface area contributed by atoms with Gasteiger partial charge in [0, 0.05) is 19.2 Å². The molecule has 0 aromatic carbocycles. The van der Waals surface area contributed by atoms with Gasteiger partial charge in [0.15, 0.2) is 9.84 Å². The Kier molecular flexibility index (Phi) is 6.12. The molecule has 0 saturated heterocycles. The fourth-order valence-corrected chi connectivity index (χ4v) is 1.51. The molecule has 5 nitrogen and oxygen atoms in total. The highest BCUT2D eigenvalue weighted by Gasteiger charge is 2.30. The average Bonchev–Trinajstić information content (AvgIpc) is 2.21. The molecule has 0 aliphatic carbocycles. The van der Waals surface area contributed by atoms with Crippen LogP contribution in [0.2, 0.25) is 0 Å². The Balaban J connectivity index is 4.26. The summed E-state index contributed by atoms with van der Waals surface area (Å²) in [5, 5.41) is 2.65. The van der Waals surface area contributed by atoms with E-state index in [1.807, 2.05) is 6.92 Å². The van der Waals surface area contributed by atoms with Crippen molar-refractivity contribution in [1.29, 1.82) is 0 Å². The van der Waals surface area contributed by atoms with E-state index < -0.39 is 14.6 Å². The summed E-state index contributed by atoms with van der Waals surface area (Å²) >= 11 is 0. The molecular formula is C11H24N2O3S. The van der Waals surface area contributed by atoms with Gasteiger partial charge in [0.1, 0.15) is 0 Å². The molecule has 0 aliphatic heterocycles. The van der Waals surface area contributed by atoms with Crippen LogP contribution in [0.25, 0.3) is 0 Å². The zero-order chi connectivity index (χ0) is 13.7. The number of nitrogens with two attached hydrogens (primary N) is 1. The lowest BCUT2D eigenvalue weighted by atomic mass is 10.0. The summed E-state index contributed by atoms with van der Waals surface area (Å²) in [4.78, 5) is 11.6. The Labute approximate surface area is 104 Å². The van der Waals surface area contributed by atoms with Crippen LogP contribution in [0.15, 0.2) is 0 Å². The van der Waals surface area contributed by atoms with Crippen molar-refractivity contribution in [1.82, 2.24) is 5.32 Å². The van der Waals surface area contributed by atoms with Gasteiger partial charge in [0.05, 0.1) is 4.75 Å². The highest BCUT2D eigenvalue weighted by Crippen LogP contribution is 2.14. The summed E-state index contributed by atoms with van der Waals surface area (Å²) in [5.41, 5.74) is 5.51. The minimum atomic E-state index is -3.18. The van der Waals surface area contributed by atoms with Crippen molar-refractivity contribution in [2.45, 2.75) is 38.4 Å². The van der Waals surface area contributed by atoms with Gasteiger partial charge in [-0.25, -0.2) is 8.42 Å². The van der Waals surface area contributed by atoms with Gasteiger partial charge in [-0.2, -0.15) is 0 Å². The van der Waals surface area contributed by atoms with Crippen LogP contribution < -0.4 is 11.1 Å². The first kappa shape index (κ1) is 16.4. The average molecular weight is 264 g/mol. The highest BCUT2D eigenvalue weighted by atomic mass is 32.2. The van der Waals surface area contributed by atoms with Gasteiger partial charge >= 0.3 is 0 Å². The van der Waals surface area contributed by atoms with E-state index >= 15 is 0 Å². The third kappa shape index (κ3) is 5.50. The Morgan fingerprint density at radius 1 is 1.41 bits per heavy atom. The van der Waals surface area contributed by atoms with E-state index in [1.54, 1.807) is 13.8 Å². The molecule has 1 unspecified atom stereocenters. The fourth-order valence-electron chi connectivity index (χ4n) is 1.17. The van der Waals surface area contributed by atoms with Crippen LogP contribution in [0, 0.1) is 5.92 Å². The molecule has 6 heteroatoms. The number of sulfone groups is 1. The minimum Gasteiger partial charge on any atom is -0.355 e. The normalized spacial score (nSPS) is 14.4. The van der Waals surface area contributed by atoms with Crippen LogP contribution >= 0.6 is 0 Å². The van der Waals surface area contributed by atoms with E-state index in [1.165, 1.54) is 6.26 Å². The molecule has 102 valence electrons. The molecule has 0 fully saturated rings. The second kappa shape index (κ2) is 6.35. The van der Waals surface area contributed by atoms with Gasteiger partial charge in [-0.1, -0.05) is 13.3 Å². The van der Waals surface area contributed by atoms with Crippen molar-refractivity contribution >= 4 is 15.7 Å². The zero-order valence-corrected chi connectivity index (χ0v) is 11.9. The first-order chi connectivity index (χ1) is 7.64. The number of carbonyl (C=O) groups is 1. The molecule has 0 radical (unpaired) electrons. The maximum Gasteiger partial charge on any atom is 0.220 e. The maximum atomic E-state index is 11.6. The number of carbonyl (C=O) groups excluding carboxylic acids is 1. The summed E-state index contributed by atoms with van der Waals surface area (Å²) in [6, 6.07) is 0. The molecule has 0 aliphatic rings. The second-order valence-electron chi connectivity index (χ2n) is 5.02. The summed E-state index contributed by atoms with van der Waals surface area (Å²) in [6.07, 6.45) is 2.38. The van der Waals surface area contributed by atoms with E-state index in [0.717, 1.165) is 6.42 Å². The molecular weight excluding hydrogens is 240 g/mol. The van der Waals surface area contributed by atoms with Crippen molar-refractivity contribution < 1.29 is 13.2 Å². The second-order valence-corrected chi connectivity index (χ2v) is 7.67. The van der Waals surface area contributed by atoms with E-state index in [9.17, 15) is 13.2 Å². The molecule has 1 amide bonds. The summed E-state index contributed by atoms with van der Waals surface area (Å²) < 4.78 is 21.9. The molecule has 1 atom stereocenters. The van der Waals surface area contributed by atoms with Crippen molar-refractivity contribution in [3.05, 3.63) is 0 Å². The van der Waals surface area contributed by atoms with Gasteiger partial charge in [-0.15, -0.1) is 0 Å². The number of rotatable bonds is 7. The van der Waals surface area contributed by atoms with Crippen LogP contribution in [0.3, 0.4) is 0 Å². The summed E-state index contributed by atoms with van der Waals surface area (Å²) in [5.74, 6) is 0.0235. The largest absolute Gasteiger partial charge is 0.355 e. The van der Waals surface area contributed by atoms with Gasteiger partial charge in [-0.3, -0.25) is 4.79 Å².